The van der Waals surface area contributed by atoms with Crippen LogP contribution in [0.2, 0.25) is 0 Å². The van der Waals surface area contributed by atoms with Crippen molar-refractivity contribution in [3.05, 3.63) is 94.2 Å². The average Bonchev–Trinajstić information content (AvgIpc) is 3.05. The van der Waals surface area contributed by atoms with Crippen LogP contribution in [0.3, 0.4) is 0 Å². The van der Waals surface area contributed by atoms with Gasteiger partial charge in [-0.25, -0.2) is 4.98 Å². The summed E-state index contributed by atoms with van der Waals surface area (Å²) < 4.78 is 3.37. The number of nitrogens with one attached hydrogen (secondary N) is 1. The van der Waals surface area contributed by atoms with Crippen LogP contribution in [0, 0.1) is 13.8 Å². The van der Waals surface area contributed by atoms with Gasteiger partial charge >= 0.3 is 0 Å². The van der Waals surface area contributed by atoms with Gasteiger partial charge in [-0.1, -0.05) is 48.5 Å². The summed E-state index contributed by atoms with van der Waals surface area (Å²) in [6.07, 6.45) is 3.22. The van der Waals surface area contributed by atoms with Crippen molar-refractivity contribution in [1.29, 1.82) is 0 Å². The summed E-state index contributed by atoms with van der Waals surface area (Å²) in [5.74, 6) is -0.187. The van der Waals surface area contributed by atoms with Gasteiger partial charge in [0.05, 0.1) is 5.39 Å². The number of hydrogen-bond donors (Lipinski definition) is 1. The summed E-state index contributed by atoms with van der Waals surface area (Å²) in [5, 5.41) is 3.46. The molecule has 0 unspecified atom stereocenters. The van der Waals surface area contributed by atoms with E-state index in [-0.39, 0.29) is 18.0 Å². The van der Waals surface area contributed by atoms with Gasteiger partial charge in [-0.2, -0.15) is 0 Å². The summed E-state index contributed by atoms with van der Waals surface area (Å²) >= 11 is 0. The molecule has 0 radical (unpaired) electrons. The second kappa shape index (κ2) is 9.00. The zero-order chi connectivity index (χ0) is 21.8. The number of aryl methyl sites for hydroxylation is 2. The highest BCUT2D eigenvalue weighted by Gasteiger charge is 2.18. The third-order valence-corrected chi connectivity index (χ3v) is 5.62. The molecular weight excluding hydrogens is 388 g/mol. The lowest BCUT2D eigenvalue weighted by molar-refractivity contribution is -0.121. The first-order valence-corrected chi connectivity index (χ1v) is 10.5. The van der Waals surface area contributed by atoms with E-state index in [9.17, 15) is 9.59 Å². The Hall–Kier alpha value is -3.67. The van der Waals surface area contributed by atoms with Crippen LogP contribution in [0.4, 0.5) is 0 Å². The number of rotatable bonds is 7. The van der Waals surface area contributed by atoms with Crippen LogP contribution >= 0.6 is 0 Å². The molecule has 0 saturated carbocycles. The number of carbonyl (C=O) groups is 1. The Bertz CT molecular complexity index is 1260. The summed E-state index contributed by atoms with van der Waals surface area (Å²) in [6.45, 7) is 4.43. The van der Waals surface area contributed by atoms with Crippen LogP contribution in [0.25, 0.3) is 16.7 Å². The lowest BCUT2D eigenvalue weighted by Crippen LogP contribution is -2.33. The van der Waals surface area contributed by atoms with Gasteiger partial charge in [-0.3, -0.25) is 18.7 Å². The van der Waals surface area contributed by atoms with Crippen LogP contribution in [0.1, 0.15) is 23.2 Å². The molecule has 1 amide bonds. The molecule has 0 fully saturated rings. The minimum absolute atomic E-state index is 0.0396. The molecule has 2 aromatic heterocycles. The standard InChI is InChI=1S/C25H26N4O2/c1-18-19(2)29(21-13-7-4-8-14-21)24-23(18)25(31)28(17-27-24)16-22(30)26-15-9-12-20-10-5-3-6-11-20/h3-8,10-11,13-14,17H,9,12,15-16H2,1-2H3,(H,26,30). The molecule has 6 nitrogen and oxygen atoms in total. The van der Waals surface area contributed by atoms with Crippen molar-refractivity contribution >= 4 is 16.9 Å². The molecular formula is C25H26N4O2. The normalized spacial score (nSPS) is 11.0. The SMILES string of the molecule is Cc1c(C)n(-c2ccccc2)c2ncn(CC(=O)NCCCc3ccccc3)c(=O)c12. The predicted octanol–water partition coefficient (Wildman–Crippen LogP) is 3.55. The number of aromatic nitrogens is 3. The number of para-hydroxylation sites is 1. The lowest BCUT2D eigenvalue weighted by Gasteiger charge is -2.09. The van der Waals surface area contributed by atoms with E-state index in [2.05, 4.69) is 22.4 Å². The molecule has 0 aliphatic carbocycles. The van der Waals surface area contributed by atoms with Crippen LogP contribution in [0.15, 0.2) is 71.8 Å². The number of carbonyl (C=O) groups excluding carboxylic acids is 1. The van der Waals surface area contributed by atoms with Gasteiger partial charge in [0.2, 0.25) is 5.91 Å². The highest BCUT2D eigenvalue weighted by atomic mass is 16.2. The smallest absolute Gasteiger partial charge is 0.263 e. The molecule has 4 aromatic rings. The van der Waals surface area contributed by atoms with Crippen LogP contribution < -0.4 is 10.9 Å². The van der Waals surface area contributed by atoms with E-state index in [4.69, 9.17) is 0 Å². The first kappa shape index (κ1) is 20.6. The highest BCUT2D eigenvalue weighted by Crippen LogP contribution is 2.24. The number of fused-ring (bicyclic) bond motifs is 1. The molecule has 31 heavy (non-hydrogen) atoms. The van der Waals surface area contributed by atoms with Crippen molar-refractivity contribution < 1.29 is 4.79 Å². The zero-order valence-electron chi connectivity index (χ0n) is 17.8. The number of nitrogens with zero attached hydrogens (tertiary/aromatic N) is 3. The Morgan fingerprint density at radius 3 is 2.39 bits per heavy atom. The fourth-order valence-corrected chi connectivity index (χ4v) is 3.87. The van der Waals surface area contributed by atoms with Gasteiger partial charge < -0.3 is 5.32 Å². The van der Waals surface area contributed by atoms with Gasteiger partial charge in [-0.05, 0) is 49.9 Å². The molecule has 6 heteroatoms. The summed E-state index contributed by atoms with van der Waals surface area (Å²) in [7, 11) is 0. The molecule has 0 aliphatic heterocycles. The molecule has 4 rings (SSSR count). The summed E-state index contributed by atoms with van der Waals surface area (Å²) in [5.41, 5.74) is 4.48. The van der Waals surface area contributed by atoms with Crippen molar-refractivity contribution in [3.8, 4) is 5.69 Å². The Morgan fingerprint density at radius 1 is 1.00 bits per heavy atom. The quantitative estimate of drug-likeness (QED) is 0.470. The van der Waals surface area contributed by atoms with E-state index < -0.39 is 0 Å². The molecule has 158 valence electrons. The van der Waals surface area contributed by atoms with Crippen LogP contribution in [-0.2, 0) is 17.8 Å². The minimum Gasteiger partial charge on any atom is -0.355 e. The van der Waals surface area contributed by atoms with E-state index in [1.807, 2.05) is 66.9 Å². The third-order valence-electron chi connectivity index (χ3n) is 5.62. The molecule has 2 aromatic carbocycles. The maximum absolute atomic E-state index is 13.1. The van der Waals surface area contributed by atoms with Gasteiger partial charge in [0.1, 0.15) is 12.9 Å². The highest BCUT2D eigenvalue weighted by molar-refractivity contribution is 5.83. The predicted molar refractivity (Wildman–Crippen MR) is 123 cm³/mol. The van der Waals surface area contributed by atoms with Crippen molar-refractivity contribution in [3.63, 3.8) is 0 Å². The van der Waals surface area contributed by atoms with E-state index >= 15 is 0 Å². The van der Waals surface area contributed by atoms with Crippen molar-refractivity contribution in [2.75, 3.05) is 6.54 Å². The van der Waals surface area contributed by atoms with E-state index in [0.717, 1.165) is 29.8 Å². The maximum atomic E-state index is 13.1. The van der Waals surface area contributed by atoms with Gasteiger partial charge in [0.15, 0.2) is 5.65 Å². The fourth-order valence-electron chi connectivity index (χ4n) is 3.87. The largest absolute Gasteiger partial charge is 0.355 e. The monoisotopic (exact) mass is 414 g/mol. The van der Waals surface area contributed by atoms with E-state index in [0.29, 0.717) is 17.6 Å². The summed E-state index contributed by atoms with van der Waals surface area (Å²) in [4.78, 5) is 30.0. The number of benzene rings is 2. The minimum atomic E-state index is -0.195. The first-order chi connectivity index (χ1) is 15.1. The average molecular weight is 415 g/mol. The third kappa shape index (κ3) is 4.28. The van der Waals surface area contributed by atoms with Gasteiger partial charge in [0.25, 0.3) is 5.56 Å². The van der Waals surface area contributed by atoms with Crippen molar-refractivity contribution in [1.82, 2.24) is 19.4 Å². The molecule has 2 heterocycles. The maximum Gasteiger partial charge on any atom is 0.263 e. The van der Waals surface area contributed by atoms with Gasteiger partial charge in [-0.15, -0.1) is 0 Å². The van der Waals surface area contributed by atoms with Crippen molar-refractivity contribution in [2.24, 2.45) is 0 Å². The van der Waals surface area contributed by atoms with E-state index in [1.165, 1.54) is 16.5 Å². The second-order valence-corrected chi connectivity index (χ2v) is 7.70. The van der Waals surface area contributed by atoms with Crippen LogP contribution in [0.5, 0.6) is 0 Å². The first-order valence-electron chi connectivity index (χ1n) is 10.5. The molecule has 0 bridgehead atoms. The molecule has 0 aliphatic rings. The Balaban J connectivity index is 1.49. The number of hydrogen-bond acceptors (Lipinski definition) is 3. The Labute approximate surface area is 181 Å². The Kier molecular flexibility index (Phi) is 5.98. The Morgan fingerprint density at radius 2 is 1.68 bits per heavy atom. The number of amides is 1. The molecule has 0 saturated heterocycles. The van der Waals surface area contributed by atoms with E-state index in [1.54, 1.807) is 0 Å². The van der Waals surface area contributed by atoms with Crippen molar-refractivity contribution in [2.45, 2.75) is 33.2 Å². The zero-order valence-corrected chi connectivity index (χ0v) is 17.8. The van der Waals surface area contributed by atoms with Crippen LogP contribution in [-0.4, -0.2) is 26.6 Å². The topological polar surface area (TPSA) is 68.9 Å². The molecule has 0 spiro atoms. The summed E-state index contributed by atoms with van der Waals surface area (Å²) in [6, 6.07) is 20.0. The second-order valence-electron chi connectivity index (χ2n) is 7.70. The van der Waals surface area contributed by atoms with Gasteiger partial charge in [0, 0.05) is 17.9 Å². The molecule has 0 atom stereocenters. The molecule has 1 N–H and O–H groups in total. The fraction of sp³-hybridized carbons (Fsp3) is 0.240. The lowest BCUT2D eigenvalue weighted by atomic mass is 10.1.